The Bertz CT molecular complexity index is 921. The van der Waals surface area contributed by atoms with Gasteiger partial charge in [-0.1, -0.05) is 29.8 Å². The van der Waals surface area contributed by atoms with Gasteiger partial charge in [-0.2, -0.15) is 18.3 Å². The molecule has 0 saturated heterocycles. The first kappa shape index (κ1) is 19.7. The Morgan fingerprint density at radius 2 is 2.11 bits per heavy atom. The highest BCUT2D eigenvalue weighted by Crippen LogP contribution is 2.38. The summed E-state index contributed by atoms with van der Waals surface area (Å²) in [7, 11) is 1.76. The second kappa shape index (κ2) is 7.87. The molecule has 0 aliphatic rings. The monoisotopic (exact) mass is 415 g/mol. The third kappa shape index (κ3) is 4.60. The highest BCUT2D eigenvalue weighted by atomic mass is 35.5. The lowest BCUT2D eigenvalue weighted by atomic mass is 10.0. The van der Waals surface area contributed by atoms with Gasteiger partial charge in [-0.05, 0) is 24.1 Å². The van der Waals surface area contributed by atoms with Gasteiger partial charge in [-0.15, -0.1) is 11.3 Å². The quantitative estimate of drug-likeness (QED) is 0.633. The number of hydrogen-bond donors (Lipinski definition) is 2. The van der Waals surface area contributed by atoms with E-state index in [2.05, 4.69) is 15.4 Å². The molecule has 0 unspecified atom stereocenters. The van der Waals surface area contributed by atoms with E-state index in [1.165, 1.54) is 23.7 Å². The molecule has 0 radical (unpaired) electrons. The molecule has 5 nitrogen and oxygen atoms in total. The average Bonchev–Trinajstić information content (AvgIpc) is 3.18. The summed E-state index contributed by atoms with van der Waals surface area (Å²) >= 11 is 7.63. The number of rotatable bonds is 6. The van der Waals surface area contributed by atoms with Crippen molar-refractivity contribution in [1.82, 2.24) is 14.8 Å². The fourth-order valence-electron chi connectivity index (χ4n) is 2.69. The second-order valence-corrected chi connectivity index (χ2v) is 7.64. The first-order valence-corrected chi connectivity index (χ1v) is 9.24. The van der Waals surface area contributed by atoms with Crippen LogP contribution < -0.4 is 11.1 Å². The Morgan fingerprint density at radius 3 is 2.74 bits per heavy atom. The van der Waals surface area contributed by atoms with Crippen LogP contribution in [0.4, 0.5) is 18.2 Å². The topological polar surface area (TPSA) is 68.8 Å². The molecule has 0 aliphatic heterocycles. The molecule has 10 heteroatoms. The van der Waals surface area contributed by atoms with Gasteiger partial charge in [0.25, 0.3) is 0 Å². The predicted octanol–water partition coefficient (Wildman–Crippen LogP) is 4.20. The molecular formula is C17H17ClF3N5S. The fraction of sp³-hybridized carbons (Fsp3) is 0.294. The van der Waals surface area contributed by atoms with Crippen molar-refractivity contribution in [3.63, 3.8) is 0 Å². The van der Waals surface area contributed by atoms with E-state index in [-0.39, 0.29) is 12.6 Å². The van der Waals surface area contributed by atoms with E-state index in [4.69, 9.17) is 17.3 Å². The van der Waals surface area contributed by atoms with Crippen LogP contribution in [0.15, 0.2) is 36.7 Å². The van der Waals surface area contributed by atoms with Gasteiger partial charge in [0.1, 0.15) is 10.7 Å². The van der Waals surface area contributed by atoms with Crippen molar-refractivity contribution in [3.05, 3.63) is 52.1 Å². The lowest BCUT2D eigenvalue weighted by molar-refractivity contribution is -0.137. The molecule has 27 heavy (non-hydrogen) atoms. The van der Waals surface area contributed by atoms with Crippen LogP contribution in [0, 0.1) is 0 Å². The van der Waals surface area contributed by atoms with Crippen LogP contribution in [-0.4, -0.2) is 27.4 Å². The van der Waals surface area contributed by atoms with Crippen molar-refractivity contribution < 1.29 is 13.2 Å². The number of anilines is 1. The van der Waals surface area contributed by atoms with E-state index < -0.39 is 11.7 Å². The van der Waals surface area contributed by atoms with E-state index in [0.717, 1.165) is 22.7 Å². The van der Waals surface area contributed by atoms with Crippen molar-refractivity contribution in [2.24, 2.45) is 12.8 Å². The lowest BCUT2D eigenvalue weighted by Gasteiger charge is -2.17. The summed E-state index contributed by atoms with van der Waals surface area (Å²) in [5, 5.41) is 8.04. The number of hydrogen-bond acceptors (Lipinski definition) is 5. The second-order valence-electron chi connectivity index (χ2n) is 5.98. The normalized spacial score (nSPS) is 13.0. The van der Waals surface area contributed by atoms with Crippen LogP contribution in [-0.2, 0) is 19.6 Å². The maximum absolute atomic E-state index is 12.9. The third-order valence-corrected chi connectivity index (χ3v) is 5.30. The van der Waals surface area contributed by atoms with Crippen molar-refractivity contribution in [2.45, 2.75) is 18.6 Å². The van der Waals surface area contributed by atoms with Gasteiger partial charge in [0, 0.05) is 19.6 Å². The van der Waals surface area contributed by atoms with Crippen LogP contribution >= 0.6 is 22.9 Å². The molecule has 3 aromatic rings. The maximum Gasteiger partial charge on any atom is 0.416 e. The van der Waals surface area contributed by atoms with Gasteiger partial charge in [0.2, 0.25) is 0 Å². The first-order chi connectivity index (χ1) is 12.8. The Balaban J connectivity index is 1.76. The predicted molar refractivity (Wildman–Crippen MR) is 101 cm³/mol. The van der Waals surface area contributed by atoms with Crippen LogP contribution in [0.25, 0.3) is 11.4 Å². The molecule has 3 rings (SSSR count). The molecule has 0 fully saturated rings. The summed E-state index contributed by atoms with van der Waals surface area (Å²) in [5.41, 5.74) is 6.44. The van der Waals surface area contributed by atoms with Crippen LogP contribution in [0.5, 0.6) is 0 Å². The number of alkyl halides is 3. The van der Waals surface area contributed by atoms with Crippen molar-refractivity contribution in [1.29, 1.82) is 0 Å². The maximum atomic E-state index is 12.9. The van der Waals surface area contributed by atoms with Crippen molar-refractivity contribution in [2.75, 3.05) is 11.9 Å². The number of aromatic nitrogens is 3. The van der Waals surface area contributed by atoms with Gasteiger partial charge in [-0.3, -0.25) is 0 Å². The van der Waals surface area contributed by atoms with Gasteiger partial charge in [-0.25, -0.2) is 9.67 Å². The molecule has 0 bridgehead atoms. The molecule has 1 atom stereocenters. The van der Waals surface area contributed by atoms with Crippen molar-refractivity contribution in [3.8, 4) is 11.4 Å². The van der Waals surface area contributed by atoms with Gasteiger partial charge in [0.05, 0.1) is 16.1 Å². The molecule has 144 valence electrons. The van der Waals surface area contributed by atoms with Gasteiger partial charge < -0.3 is 11.1 Å². The molecular weight excluding hydrogens is 399 g/mol. The number of thiophene rings is 1. The zero-order valence-electron chi connectivity index (χ0n) is 14.3. The molecule has 0 saturated carbocycles. The highest BCUT2D eigenvalue weighted by molar-refractivity contribution is 7.20. The number of aryl methyl sites for hydroxylation is 1. The van der Waals surface area contributed by atoms with Crippen LogP contribution in [0.3, 0.4) is 0 Å². The zero-order chi connectivity index (χ0) is 19.6. The summed E-state index contributed by atoms with van der Waals surface area (Å²) in [6.45, 7) is 0.255. The summed E-state index contributed by atoms with van der Waals surface area (Å²) in [6.07, 6.45) is -2.57. The molecule has 2 aromatic heterocycles. The van der Waals surface area contributed by atoms with E-state index >= 15 is 0 Å². The number of nitrogens with two attached hydrogens (primary N) is 1. The SMILES string of the molecule is Cn1ncnc1-c1cc(N[C@H](CN)Cc2cccc(C(F)(F)F)c2)sc1Cl. The molecule has 0 amide bonds. The molecule has 0 spiro atoms. The lowest BCUT2D eigenvalue weighted by Crippen LogP contribution is -2.30. The van der Waals surface area contributed by atoms with Gasteiger partial charge >= 0.3 is 6.18 Å². The standard InChI is InChI=1S/C17H17ClF3N5S/c1-26-16(23-9-24-26)13-7-14(27-15(13)18)25-12(8-22)6-10-3-2-4-11(5-10)17(19,20)21/h2-5,7,9,12,25H,6,8,22H2,1H3/t12-/m0/s1. The first-order valence-electron chi connectivity index (χ1n) is 8.04. The average molecular weight is 416 g/mol. The minimum Gasteiger partial charge on any atom is -0.373 e. The highest BCUT2D eigenvalue weighted by Gasteiger charge is 2.30. The minimum absolute atomic E-state index is 0.240. The summed E-state index contributed by atoms with van der Waals surface area (Å²) in [4.78, 5) is 4.17. The third-order valence-electron chi connectivity index (χ3n) is 4.01. The summed E-state index contributed by atoms with van der Waals surface area (Å²) < 4.78 is 40.8. The Labute approximate surface area is 163 Å². The van der Waals surface area contributed by atoms with Crippen LogP contribution in [0.2, 0.25) is 4.34 Å². The van der Waals surface area contributed by atoms with E-state index in [1.807, 2.05) is 6.07 Å². The minimum atomic E-state index is -4.37. The van der Waals surface area contributed by atoms with E-state index in [0.29, 0.717) is 22.1 Å². The van der Waals surface area contributed by atoms with Gasteiger partial charge in [0.15, 0.2) is 5.82 Å². The summed E-state index contributed by atoms with van der Waals surface area (Å²) in [5.74, 6) is 0.631. The fourth-order valence-corrected chi connectivity index (χ4v) is 3.93. The Kier molecular flexibility index (Phi) is 5.73. The molecule has 2 heterocycles. The zero-order valence-corrected chi connectivity index (χ0v) is 15.9. The largest absolute Gasteiger partial charge is 0.416 e. The number of nitrogens with zero attached hydrogens (tertiary/aromatic N) is 3. The molecule has 1 aromatic carbocycles. The number of halogens is 4. The van der Waals surface area contributed by atoms with E-state index in [1.54, 1.807) is 17.8 Å². The van der Waals surface area contributed by atoms with E-state index in [9.17, 15) is 13.2 Å². The smallest absolute Gasteiger partial charge is 0.373 e. The summed E-state index contributed by atoms with van der Waals surface area (Å²) in [6, 6.07) is 6.87. The van der Waals surface area contributed by atoms with Crippen molar-refractivity contribution >= 4 is 27.9 Å². The Morgan fingerprint density at radius 1 is 1.33 bits per heavy atom. The molecule has 0 aliphatic carbocycles. The molecule has 3 N–H and O–H groups in total. The number of benzene rings is 1. The Hall–Kier alpha value is -2.10. The number of nitrogens with one attached hydrogen (secondary N) is 1. The van der Waals surface area contributed by atoms with Crippen LogP contribution in [0.1, 0.15) is 11.1 Å².